The molecule has 0 amide bonds. The average molecular weight is 284 g/mol. The predicted molar refractivity (Wildman–Crippen MR) is 87.7 cm³/mol. The summed E-state index contributed by atoms with van der Waals surface area (Å²) >= 11 is 0. The van der Waals surface area contributed by atoms with E-state index >= 15 is 0 Å². The van der Waals surface area contributed by atoms with Crippen LogP contribution in [-0.2, 0) is 0 Å². The molecule has 1 aliphatic carbocycles. The van der Waals surface area contributed by atoms with Crippen LogP contribution in [0.4, 0.5) is 5.82 Å². The minimum absolute atomic E-state index is 0.582. The van der Waals surface area contributed by atoms with Gasteiger partial charge in [-0.2, -0.15) is 0 Å². The smallest absolute Gasteiger partial charge is 0.139 e. The zero-order chi connectivity index (χ0) is 14.7. The minimum Gasteiger partial charge on any atom is -0.356 e. The SMILES string of the molecule is CCNC1CCC(N(C)c2ncnc3ccccc23)CC1. The maximum absolute atomic E-state index is 4.54. The van der Waals surface area contributed by atoms with Gasteiger partial charge in [-0.15, -0.1) is 0 Å². The van der Waals surface area contributed by atoms with Gasteiger partial charge in [0.15, 0.2) is 0 Å². The Hall–Kier alpha value is -1.68. The van der Waals surface area contributed by atoms with Crippen molar-refractivity contribution in [1.29, 1.82) is 0 Å². The van der Waals surface area contributed by atoms with Gasteiger partial charge in [0.25, 0.3) is 0 Å². The monoisotopic (exact) mass is 284 g/mol. The van der Waals surface area contributed by atoms with E-state index in [2.05, 4.69) is 52.4 Å². The van der Waals surface area contributed by atoms with Gasteiger partial charge in [-0.25, -0.2) is 9.97 Å². The Balaban J connectivity index is 1.77. The van der Waals surface area contributed by atoms with E-state index in [9.17, 15) is 0 Å². The molecule has 1 fully saturated rings. The van der Waals surface area contributed by atoms with E-state index in [4.69, 9.17) is 0 Å². The summed E-state index contributed by atoms with van der Waals surface area (Å²) in [6.45, 7) is 3.26. The van der Waals surface area contributed by atoms with Crippen molar-refractivity contribution >= 4 is 16.7 Å². The van der Waals surface area contributed by atoms with Crippen molar-refractivity contribution in [3.8, 4) is 0 Å². The molecule has 1 saturated carbocycles. The largest absolute Gasteiger partial charge is 0.356 e. The molecule has 0 atom stereocenters. The lowest BCUT2D eigenvalue weighted by atomic mass is 9.90. The van der Waals surface area contributed by atoms with Gasteiger partial charge in [0.2, 0.25) is 0 Å². The van der Waals surface area contributed by atoms with Crippen LogP contribution in [0.1, 0.15) is 32.6 Å². The molecule has 1 N–H and O–H groups in total. The first kappa shape index (κ1) is 14.3. The topological polar surface area (TPSA) is 41.0 Å². The molecule has 0 spiro atoms. The van der Waals surface area contributed by atoms with Crippen LogP contribution in [0.5, 0.6) is 0 Å². The van der Waals surface area contributed by atoms with Gasteiger partial charge in [0, 0.05) is 24.5 Å². The number of rotatable bonds is 4. The van der Waals surface area contributed by atoms with Gasteiger partial charge in [0.05, 0.1) is 5.52 Å². The van der Waals surface area contributed by atoms with Crippen molar-refractivity contribution in [2.24, 2.45) is 0 Å². The third-order valence-electron chi connectivity index (χ3n) is 4.59. The fourth-order valence-corrected chi connectivity index (χ4v) is 3.40. The van der Waals surface area contributed by atoms with Crippen LogP contribution in [0.3, 0.4) is 0 Å². The van der Waals surface area contributed by atoms with E-state index < -0.39 is 0 Å². The number of nitrogens with zero attached hydrogens (tertiary/aromatic N) is 3. The molecule has 2 aromatic rings. The lowest BCUT2D eigenvalue weighted by Gasteiger charge is -2.35. The molecule has 4 heteroatoms. The first-order valence-corrected chi connectivity index (χ1v) is 7.95. The molecule has 0 bridgehead atoms. The number of benzene rings is 1. The van der Waals surface area contributed by atoms with Gasteiger partial charge in [-0.05, 0) is 44.4 Å². The Labute approximate surface area is 126 Å². The lowest BCUT2D eigenvalue weighted by Crippen LogP contribution is -2.41. The predicted octanol–water partition coefficient (Wildman–Crippen LogP) is 2.99. The van der Waals surface area contributed by atoms with Gasteiger partial charge in [0.1, 0.15) is 12.1 Å². The number of nitrogens with one attached hydrogen (secondary N) is 1. The number of hydrogen-bond acceptors (Lipinski definition) is 4. The highest BCUT2D eigenvalue weighted by Crippen LogP contribution is 2.29. The number of aromatic nitrogens is 2. The van der Waals surface area contributed by atoms with Crippen LogP contribution in [0, 0.1) is 0 Å². The molecule has 112 valence electrons. The number of hydrogen-bond donors (Lipinski definition) is 1. The Morgan fingerprint density at radius 2 is 1.90 bits per heavy atom. The Kier molecular flexibility index (Phi) is 4.34. The Morgan fingerprint density at radius 1 is 1.14 bits per heavy atom. The van der Waals surface area contributed by atoms with Crippen LogP contribution < -0.4 is 10.2 Å². The maximum Gasteiger partial charge on any atom is 0.139 e. The summed E-state index contributed by atoms with van der Waals surface area (Å²) in [7, 11) is 2.17. The molecular formula is C17H24N4. The van der Waals surface area contributed by atoms with Crippen LogP contribution in [0.2, 0.25) is 0 Å². The third-order valence-corrected chi connectivity index (χ3v) is 4.59. The molecule has 0 aliphatic heterocycles. The van der Waals surface area contributed by atoms with E-state index in [0.717, 1.165) is 23.3 Å². The van der Waals surface area contributed by atoms with Crippen molar-refractivity contribution in [1.82, 2.24) is 15.3 Å². The fourth-order valence-electron chi connectivity index (χ4n) is 3.40. The Bertz CT molecular complexity index is 585. The van der Waals surface area contributed by atoms with E-state index in [1.807, 2.05) is 6.07 Å². The van der Waals surface area contributed by atoms with E-state index in [0.29, 0.717) is 12.1 Å². The summed E-state index contributed by atoms with van der Waals surface area (Å²) in [5.41, 5.74) is 1.02. The normalized spacial score (nSPS) is 22.4. The summed E-state index contributed by atoms with van der Waals surface area (Å²) < 4.78 is 0. The zero-order valence-electron chi connectivity index (χ0n) is 12.9. The number of fused-ring (bicyclic) bond motifs is 1. The molecule has 21 heavy (non-hydrogen) atoms. The van der Waals surface area contributed by atoms with Crippen LogP contribution >= 0.6 is 0 Å². The quantitative estimate of drug-likeness (QED) is 0.937. The molecular weight excluding hydrogens is 260 g/mol. The van der Waals surface area contributed by atoms with Gasteiger partial charge in [-0.1, -0.05) is 19.1 Å². The number of anilines is 1. The lowest BCUT2D eigenvalue weighted by molar-refractivity contribution is 0.341. The molecule has 0 unspecified atom stereocenters. The molecule has 1 aromatic heterocycles. The van der Waals surface area contributed by atoms with Crippen molar-refractivity contribution in [2.45, 2.75) is 44.7 Å². The van der Waals surface area contributed by atoms with Gasteiger partial charge in [-0.3, -0.25) is 0 Å². The highest BCUT2D eigenvalue weighted by atomic mass is 15.2. The second kappa shape index (κ2) is 6.39. The molecule has 3 rings (SSSR count). The molecule has 1 heterocycles. The molecule has 1 aromatic carbocycles. The maximum atomic E-state index is 4.54. The third kappa shape index (κ3) is 3.00. The summed E-state index contributed by atoms with van der Waals surface area (Å²) in [6, 6.07) is 9.54. The summed E-state index contributed by atoms with van der Waals surface area (Å²) in [6.07, 6.45) is 6.65. The van der Waals surface area contributed by atoms with Crippen molar-refractivity contribution < 1.29 is 0 Å². The van der Waals surface area contributed by atoms with E-state index in [-0.39, 0.29) is 0 Å². The summed E-state index contributed by atoms with van der Waals surface area (Å²) in [5, 5.41) is 4.72. The fraction of sp³-hybridized carbons (Fsp3) is 0.529. The standard InChI is InChI=1S/C17H24N4/c1-3-18-13-8-10-14(11-9-13)21(2)17-15-6-4-5-7-16(15)19-12-20-17/h4-7,12-14,18H,3,8-11H2,1-2H3. The van der Waals surface area contributed by atoms with Crippen LogP contribution in [-0.4, -0.2) is 35.6 Å². The summed E-state index contributed by atoms with van der Waals surface area (Å²) in [5.74, 6) is 1.06. The second-order valence-electron chi connectivity index (χ2n) is 5.89. The zero-order valence-corrected chi connectivity index (χ0v) is 12.9. The van der Waals surface area contributed by atoms with Gasteiger partial charge < -0.3 is 10.2 Å². The highest BCUT2D eigenvalue weighted by Gasteiger charge is 2.25. The van der Waals surface area contributed by atoms with Gasteiger partial charge >= 0.3 is 0 Å². The van der Waals surface area contributed by atoms with Crippen LogP contribution in [0.15, 0.2) is 30.6 Å². The molecule has 0 saturated heterocycles. The summed E-state index contributed by atoms with van der Waals surface area (Å²) in [4.78, 5) is 11.2. The van der Waals surface area contributed by atoms with Crippen LogP contribution in [0.25, 0.3) is 10.9 Å². The molecule has 4 nitrogen and oxygen atoms in total. The Morgan fingerprint density at radius 3 is 2.67 bits per heavy atom. The molecule has 0 radical (unpaired) electrons. The number of para-hydroxylation sites is 1. The first-order valence-electron chi connectivity index (χ1n) is 7.95. The minimum atomic E-state index is 0.582. The average Bonchev–Trinajstić information content (AvgIpc) is 2.55. The highest BCUT2D eigenvalue weighted by molar-refractivity contribution is 5.89. The molecule has 1 aliphatic rings. The first-order chi connectivity index (χ1) is 10.3. The van der Waals surface area contributed by atoms with Crippen molar-refractivity contribution in [3.05, 3.63) is 30.6 Å². The van der Waals surface area contributed by atoms with E-state index in [1.165, 1.54) is 25.7 Å². The van der Waals surface area contributed by atoms with E-state index in [1.54, 1.807) is 6.33 Å². The second-order valence-corrected chi connectivity index (χ2v) is 5.89. The van der Waals surface area contributed by atoms with Crippen molar-refractivity contribution in [2.75, 3.05) is 18.5 Å². The van der Waals surface area contributed by atoms with Crippen molar-refractivity contribution in [3.63, 3.8) is 0 Å².